The average Bonchev–Trinajstić information content (AvgIpc) is 2.51. The molecule has 1 aromatic rings. The first-order valence-corrected chi connectivity index (χ1v) is 8.05. The predicted octanol–water partition coefficient (Wildman–Crippen LogP) is 1.38. The monoisotopic (exact) mass is 321 g/mol. The molecule has 2 rings (SSSR count). The van der Waals surface area contributed by atoms with E-state index in [1.807, 2.05) is 19.9 Å². The zero-order chi connectivity index (χ0) is 16.1. The second-order valence-electron chi connectivity index (χ2n) is 4.99. The Labute approximate surface area is 133 Å². The SMILES string of the molecule is CCCNC(=O)CNC(=O)c1ccc2c(c1)NC(=O)[C@@H](C)S2. The molecule has 0 saturated carbocycles. The number of carbonyl (C=O) groups is 3. The first-order chi connectivity index (χ1) is 10.5. The Bertz CT molecular complexity index is 604. The minimum absolute atomic E-state index is 0.0614. The largest absolute Gasteiger partial charge is 0.355 e. The Morgan fingerprint density at radius 1 is 1.32 bits per heavy atom. The van der Waals surface area contributed by atoms with Gasteiger partial charge in [0.1, 0.15) is 0 Å². The van der Waals surface area contributed by atoms with Gasteiger partial charge in [0.2, 0.25) is 11.8 Å². The van der Waals surface area contributed by atoms with Crippen LogP contribution in [0.1, 0.15) is 30.6 Å². The van der Waals surface area contributed by atoms with Crippen LogP contribution in [0.4, 0.5) is 5.69 Å². The summed E-state index contributed by atoms with van der Waals surface area (Å²) in [5.41, 5.74) is 1.05. The highest BCUT2D eigenvalue weighted by Crippen LogP contribution is 2.35. The Morgan fingerprint density at radius 3 is 2.82 bits per heavy atom. The van der Waals surface area contributed by atoms with Crippen molar-refractivity contribution in [2.75, 3.05) is 18.4 Å². The minimum Gasteiger partial charge on any atom is -0.355 e. The second kappa shape index (κ2) is 7.31. The molecule has 0 aliphatic carbocycles. The molecule has 0 fully saturated rings. The molecule has 1 aromatic carbocycles. The summed E-state index contributed by atoms with van der Waals surface area (Å²) >= 11 is 1.46. The van der Waals surface area contributed by atoms with Gasteiger partial charge in [-0.3, -0.25) is 14.4 Å². The van der Waals surface area contributed by atoms with Crippen molar-refractivity contribution in [2.24, 2.45) is 0 Å². The highest BCUT2D eigenvalue weighted by atomic mass is 32.2. The average molecular weight is 321 g/mol. The third kappa shape index (κ3) is 4.00. The van der Waals surface area contributed by atoms with Crippen LogP contribution in [0.2, 0.25) is 0 Å². The third-order valence-corrected chi connectivity index (χ3v) is 4.33. The maximum Gasteiger partial charge on any atom is 0.251 e. The van der Waals surface area contributed by atoms with E-state index in [0.717, 1.165) is 11.3 Å². The first-order valence-electron chi connectivity index (χ1n) is 7.17. The number of fused-ring (bicyclic) bond motifs is 1. The minimum atomic E-state index is -0.340. The molecule has 3 amide bonds. The van der Waals surface area contributed by atoms with Gasteiger partial charge < -0.3 is 16.0 Å². The Morgan fingerprint density at radius 2 is 2.09 bits per heavy atom. The van der Waals surface area contributed by atoms with Gasteiger partial charge in [0.25, 0.3) is 5.91 Å². The summed E-state index contributed by atoms with van der Waals surface area (Å²) in [6.45, 7) is 4.32. The number of carbonyl (C=O) groups excluding carboxylic acids is 3. The topological polar surface area (TPSA) is 87.3 Å². The molecule has 1 aliphatic heterocycles. The van der Waals surface area contributed by atoms with Crippen molar-refractivity contribution in [3.05, 3.63) is 23.8 Å². The molecule has 118 valence electrons. The fraction of sp³-hybridized carbons (Fsp3) is 0.400. The lowest BCUT2D eigenvalue weighted by atomic mass is 10.1. The summed E-state index contributed by atoms with van der Waals surface area (Å²) in [5.74, 6) is -0.632. The molecule has 6 nitrogen and oxygen atoms in total. The molecule has 0 aromatic heterocycles. The van der Waals surface area contributed by atoms with Crippen LogP contribution in [0.5, 0.6) is 0 Å². The zero-order valence-corrected chi connectivity index (χ0v) is 13.4. The van der Waals surface area contributed by atoms with Gasteiger partial charge in [0.05, 0.1) is 17.5 Å². The van der Waals surface area contributed by atoms with Crippen LogP contribution in [-0.4, -0.2) is 36.1 Å². The maximum atomic E-state index is 12.0. The van der Waals surface area contributed by atoms with E-state index in [4.69, 9.17) is 0 Å². The van der Waals surface area contributed by atoms with Gasteiger partial charge in [0, 0.05) is 17.0 Å². The van der Waals surface area contributed by atoms with E-state index in [9.17, 15) is 14.4 Å². The summed E-state index contributed by atoms with van der Waals surface area (Å²) in [4.78, 5) is 36.1. The van der Waals surface area contributed by atoms with E-state index in [0.29, 0.717) is 17.8 Å². The van der Waals surface area contributed by atoms with E-state index < -0.39 is 0 Å². The molecule has 0 spiro atoms. The van der Waals surface area contributed by atoms with Crippen molar-refractivity contribution in [1.82, 2.24) is 10.6 Å². The van der Waals surface area contributed by atoms with Crippen LogP contribution in [0, 0.1) is 0 Å². The number of thioether (sulfide) groups is 1. The van der Waals surface area contributed by atoms with E-state index in [2.05, 4.69) is 16.0 Å². The Balaban J connectivity index is 1.98. The molecule has 0 bridgehead atoms. The molecule has 0 radical (unpaired) electrons. The molecule has 1 heterocycles. The van der Waals surface area contributed by atoms with E-state index in [1.165, 1.54) is 11.8 Å². The second-order valence-corrected chi connectivity index (χ2v) is 6.38. The lowest BCUT2D eigenvalue weighted by Gasteiger charge is -2.21. The number of nitrogens with one attached hydrogen (secondary N) is 3. The smallest absolute Gasteiger partial charge is 0.251 e. The molecule has 7 heteroatoms. The molecule has 22 heavy (non-hydrogen) atoms. The van der Waals surface area contributed by atoms with Gasteiger partial charge in [-0.2, -0.15) is 0 Å². The van der Waals surface area contributed by atoms with Gasteiger partial charge in [-0.05, 0) is 31.5 Å². The zero-order valence-electron chi connectivity index (χ0n) is 12.6. The summed E-state index contributed by atoms with van der Waals surface area (Å²) in [6, 6.07) is 5.13. The van der Waals surface area contributed by atoms with Crippen LogP contribution in [0.15, 0.2) is 23.1 Å². The normalized spacial score (nSPS) is 16.5. The number of amides is 3. The molecule has 1 atom stereocenters. The van der Waals surface area contributed by atoms with Crippen molar-refractivity contribution in [3.8, 4) is 0 Å². The number of hydrogen-bond donors (Lipinski definition) is 3. The number of hydrogen-bond acceptors (Lipinski definition) is 4. The molecule has 0 saturated heterocycles. The van der Waals surface area contributed by atoms with Crippen LogP contribution < -0.4 is 16.0 Å². The fourth-order valence-electron chi connectivity index (χ4n) is 1.94. The van der Waals surface area contributed by atoms with Crippen LogP contribution >= 0.6 is 11.8 Å². The quantitative estimate of drug-likeness (QED) is 0.764. The standard InChI is InChI=1S/C15H19N3O3S/c1-3-6-16-13(19)8-17-15(21)10-4-5-12-11(7-10)18-14(20)9(2)22-12/h4-5,7,9H,3,6,8H2,1-2H3,(H,16,19)(H,17,21)(H,18,20)/t9-/m1/s1. The molecule has 0 unspecified atom stereocenters. The van der Waals surface area contributed by atoms with Crippen molar-refractivity contribution in [1.29, 1.82) is 0 Å². The van der Waals surface area contributed by atoms with Gasteiger partial charge in [-0.25, -0.2) is 0 Å². The van der Waals surface area contributed by atoms with Crippen LogP contribution in [0.3, 0.4) is 0 Å². The van der Waals surface area contributed by atoms with Gasteiger partial charge in [0.15, 0.2) is 0 Å². The van der Waals surface area contributed by atoms with Crippen molar-refractivity contribution >= 4 is 35.2 Å². The molecule has 3 N–H and O–H groups in total. The number of rotatable bonds is 5. The summed E-state index contributed by atoms with van der Waals surface area (Å²) in [7, 11) is 0. The van der Waals surface area contributed by atoms with Crippen LogP contribution in [0.25, 0.3) is 0 Å². The van der Waals surface area contributed by atoms with Crippen LogP contribution in [-0.2, 0) is 9.59 Å². The highest BCUT2D eigenvalue weighted by molar-refractivity contribution is 8.00. The summed E-state index contributed by atoms with van der Waals surface area (Å²) in [6.07, 6.45) is 0.848. The van der Waals surface area contributed by atoms with E-state index >= 15 is 0 Å². The van der Waals surface area contributed by atoms with Gasteiger partial charge in [-0.15, -0.1) is 11.8 Å². The number of benzene rings is 1. The molecular formula is C15H19N3O3S. The summed E-state index contributed by atoms with van der Waals surface area (Å²) in [5, 5.41) is 7.88. The highest BCUT2D eigenvalue weighted by Gasteiger charge is 2.23. The Hall–Kier alpha value is -2.02. The van der Waals surface area contributed by atoms with E-state index in [1.54, 1.807) is 12.1 Å². The summed E-state index contributed by atoms with van der Waals surface area (Å²) < 4.78 is 0. The van der Waals surface area contributed by atoms with Crippen molar-refractivity contribution in [2.45, 2.75) is 30.4 Å². The molecular weight excluding hydrogens is 302 g/mol. The van der Waals surface area contributed by atoms with Crippen molar-refractivity contribution < 1.29 is 14.4 Å². The Kier molecular flexibility index (Phi) is 5.43. The van der Waals surface area contributed by atoms with Gasteiger partial charge in [-0.1, -0.05) is 6.92 Å². The van der Waals surface area contributed by atoms with Crippen molar-refractivity contribution in [3.63, 3.8) is 0 Å². The lowest BCUT2D eigenvalue weighted by Crippen LogP contribution is -2.37. The fourth-order valence-corrected chi connectivity index (χ4v) is 2.87. The number of anilines is 1. The predicted molar refractivity (Wildman–Crippen MR) is 86.0 cm³/mol. The third-order valence-electron chi connectivity index (χ3n) is 3.15. The molecule has 1 aliphatic rings. The lowest BCUT2D eigenvalue weighted by molar-refractivity contribution is -0.120. The maximum absolute atomic E-state index is 12.0. The first kappa shape index (κ1) is 16.4. The van der Waals surface area contributed by atoms with E-state index in [-0.39, 0.29) is 29.5 Å². The van der Waals surface area contributed by atoms with Gasteiger partial charge >= 0.3 is 0 Å².